The number of phenolic OH excluding ortho intramolecular Hbond substituents is 1. The van der Waals surface area contributed by atoms with Gasteiger partial charge in [0, 0.05) is 0 Å². The van der Waals surface area contributed by atoms with E-state index in [0.717, 1.165) is 8.96 Å². The average molecular weight is 286 g/mol. The minimum absolute atomic E-state index is 0. The fourth-order valence-corrected chi connectivity index (χ4v) is 1.89. The van der Waals surface area contributed by atoms with Crippen LogP contribution < -0.4 is 0 Å². The van der Waals surface area contributed by atoms with Crippen molar-refractivity contribution in [2.75, 3.05) is 0 Å². The van der Waals surface area contributed by atoms with Crippen molar-refractivity contribution in [3.63, 3.8) is 0 Å². The topological polar surface area (TPSA) is 20.2 Å². The summed E-state index contributed by atoms with van der Waals surface area (Å²) in [4.78, 5) is 0. The summed E-state index contributed by atoms with van der Waals surface area (Å²) in [5.74, 6) is 0.356. The average Bonchev–Trinajstić information content (AvgIpc) is 2.12. The second kappa shape index (κ2) is 3.96. The van der Waals surface area contributed by atoms with Gasteiger partial charge in [-0.3, -0.25) is 0 Å². The number of halogens is 1. The van der Waals surface area contributed by atoms with E-state index >= 15 is 0 Å². The molecule has 1 N–H and O–H groups in total. The van der Waals surface area contributed by atoms with Gasteiger partial charge in [0.1, 0.15) is 5.75 Å². The largest absolute Gasteiger partial charge is 0.507 e. The monoisotopic (exact) mass is 286 g/mol. The zero-order chi connectivity index (χ0) is 8.55. The molecule has 0 bridgehead atoms. The maximum atomic E-state index is 9.41. The zero-order valence-corrected chi connectivity index (χ0v) is 8.45. The predicted molar refractivity (Wildman–Crippen MR) is 65.1 cm³/mol. The summed E-state index contributed by atoms with van der Waals surface area (Å²) < 4.78 is 0.922. The van der Waals surface area contributed by atoms with Crippen molar-refractivity contribution in [3.8, 4) is 5.75 Å². The molecule has 0 amide bonds. The minimum atomic E-state index is 0. The lowest BCUT2D eigenvalue weighted by Crippen LogP contribution is -1.77. The third-order valence-corrected chi connectivity index (χ3v) is 2.98. The van der Waals surface area contributed by atoms with Gasteiger partial charge in [-0.2, -0.15) is 0 Å². The summed E-state index contributed by atoms with van der Waals surface area (Å²) in [6, 6.07) is 11.7. The van der Waals surface area contributed by atoms with Crippen molar-refractivity contribution in [3.05, 3.63) is 40.0 Å². The lowest BCUT2D eigenvalue weighted by molar-refractivity contribution is 0.472. The second-order valence-corrected chi connectivity index (χ2v) is 3.70. The van der Waals surface area contributed by atoms with E-state index in [9.17, 15) is 5.11 Å². The van der Waals surface area contributed by atoms with E-state index in [4.69, 9.17) is 0 Å². The Morgan fingerprint density at radius 3 is 2.46 bits per heavy atom. The number of fused-ring (bicyclic) bond motifs is 1. The Morgan fingerprint density at radius 2 is 1.69 bits per heavy atom. The van der Waals surface area contributed by atoms with Crippen molar-refractivity contribution in [2.24, 2.45) is 0 Å². The van der Waals surface area contributed by atoms with Crippen LogP contribution in [-0.2, 0) is 0 Å². The molecule has 2 rings (SSSR count). The molecule has 1 nitrogen and oxygen atoms in total. The first-order chi connectivity index (χ1) is 5.79. The van der Waals surface area contributed by atoms with Crippen LogP contribution in [-0.4, -0.2) is 5.11 Å². The molecule has 0 heterocycles. The molecule has 2 aromatic rings. The Balaban J connectivity index is 0.000000845. The molecule has 0 unspecified atom stereocenters. The van der Waals surface area contributed by atoms with Gasteiger partial charge in [0.15, 0.2) is 0 Å². The smallest absolute Gasteiger partial charge is 0.129 e. The number of benzene rings is 2. The molecule has 68 valence electrons. The molecule has 0 aliphatic rings. The number of phenols is 1. The summed E-state index contributed by atoms with van der Waals surface area (Å²) >= 11 is 2.15. The van der Waals surface area contributed by atoms with Crippen molar-refractivity contribution < 1.29 is 5.11 Å². The van der Waals surface area contributed by atoms with Crippen LogP contribution in [0.15, 0.2) is 36.4 Å². The molecule has 0 fully saturated rings. The van der Waals surface area contributed by atoms with Crippen LogP contribution >= 0.6 is 22.6 Å². The Bertz CT molecular complexity index is 423. The molecular formula is C11H11IO. The fourth-order valence-electron chi connectivity index (χ4n) is 1.22. The van der Waals surface area contributed by atoms with E-state index in [-0.39, 0.29) is 7.43 Å². The summed E-state index contributed by atoms with van der Waals surface area (Å²) in [7, 11) is 0. The molecule has 0 saturated carbocycles. The van der Waals surface area contributed by atoms with Gasteiger partial charge < -0.3 is 5.11 Å². The quantitative estimate of drug-likeness (QED) is 0.731. The summed E-state index contributed by atoms with van der Waals surface area (Å²) in [6.07, 6.45) is 0. The van der Waals surface area contributed by atoms with Crippen molar-refractivity contribution in [2.45, 2.75) is 7.43 Å². The Kier molecular flexibility index (Phi) is 3.14. The Hall–Kier alpha value is -0.770. The van der Waals surface area contributed by atoms with Gasteiger partial charge in [-0.15, -0.1) is 0 Å². The highest BCUT2D eigenvalue weighted by Crippen LogP contribution is 2.27. The first-order valence-electron chi connectivity index (χ1n) is 3.65. The molecule has 0 saturated heterocycles. The summed E-state index contributed by atoms with van der Waals surface area (Å²) in [5.41, 5.74) is 0. The summed E-state index contributed by atoms with van der Waals surface area (Å²) in [6.45, 7) is 0. The van der Waals surface area contributed by atoms with Crippen molar-refractivity contribution >= 4 is 33.4 Å². The van der Waals surface area contributed by atoms with Crippen LogP contribution in [0.1, 0.15) is 7.43 Å². The van der Waals surface area contributed by atoms with Crippen LogP contribution in [0, 0.1) is 3.57 Å². The van der Waals surface area contributed by atoms with E-state index in [1.165, 1.54) is 5.39 Å². The molecule has 0 aliphatic carbocycles. The molecule has 0 radical (unpaired) electrons. The minimum Gasteiger partial charge on any atom is -0.507 e. The highest BCUT2D eigenvalue weighted by atomic mass is 127. The number of rotatable bonds is 0. The summed E-state index contributed by atoms with van der Waals surface area (Å²) in [5, 5.41) is 11.7. The van der Waals surface area contributed by atoms with E-state index in [1.807, 2.05) is 30.3 Å². The number of hydrogen-bond donors (Lipinski definition) is 1. The van der Waals surface area contributed by atoms with E-state index in [2.05, 4.69) is 22.6 Å². The third kappa shape index (κ3) is 1.77. The van der Waals surface area contributed by atoms with E-state index < -0.39 is 0 Å². The molecule has 0 aromatic heterocycles. The highest BCUT2D eigenvalue weighted by molar-refractivity contribution is 14.1. The molecule has 0 spiro atoms. The first kappa shape index (κ1) is 10.3. The maximum Gasteiger partial charge on any atom is 0.129 e. The van der Waals surface area contributed by atoms with Gasteiger partial charge >= 0.3 is 0 Å². The SMILES string of the molecule is C.Oc1ccc2ccccc2c1I. The first-order valence-corrected chi connectivity index (χ1v) is 4.73. The van der Waals surface area contributed by atoms with E-state index in [1.54, 1.807) is 6.07 Å². The number of aromatic hydroxyl groups is 1. The van der Waals surface area contributed by atoms with Crippen LogP contribution in [0.2, 0.25) is 0 Å². The molecule has 0 atom stereocenters. The lowest BCUT2D eigenvalue weighted by atomic mass is 10.1. The van der Waals surface area contributed by atoms with Crippen LogP contribution in [0.5, 0.6) is 5.75 Å². The standard InChI is InChI=1S/C10H7IO.CH4/c11-10-8-4-2-1-3-7(8)5-6-9(10)12;/h1-6,12H;1H4. The van der Waals surface area contributed by atoms with Gasteiger partial charge in [-0.1, -0.05) is 37.8 Å². The van der Waals surface area contributed by atoms with Crippen LogP contribution in [0.4, 0.5) is 0 Å². The fraction of sp³-hybridized carbons (Fsp3) is 0.0909. The maximum absolute atomic E-state index is 9.41. The van der Waals surface area contributed by atoms with Gasteiger partial charge in [-0.05, 0) is 39.4 Å². The molecule has 13 heavy (non-hydrogen) atoms. The van der Waals surface area contributed by atoms with Gasteiger partial charge in [0.05, 0.1) is 3.57 Å². The van der Waals surface area contributed by atoms with Crippen LogP contribution in [0.3, 0.4) is 0 Å². The molecule has 2 heteroatoms. The third-order valence-electron chi connectivity index (χ3n) is 1.84. The lowest BCUT2D eigenvalue weighted by Gasteiger charge is -2.01. The predicted octanol–water partition coefficient (Wildman–Crippen LogP) is 3.79. The molecular weight excluding hydrogens is 275 g/mol. The second-order valence-electron chi connectivity index (χ2n) is 2.62. The number of hydrogen-bond acceptors (Lipinski definition) is 1. The van der Waals surface area contributed by atoms with Gasteiger partial charge in [0.2, 0.25) is 0 Å². The highest BCUT2D eigenvalue weighted by Gasteiger charge is 2.01. The zero-order valence-electron chi connectivity index (χ0n) is 6.29. The van der Waals surface area contributed by atoms with Gasteiger partial charge in [-0.25, -0.2) is 0 Å². The van der Waals surface area contributed by atoms with E-state index in [0.29, 0.717) is 5.75 Å². The molecule has 2 aromatic carbocycles. The van der Waals surface area contributed by atoms with Gasteiger partial charge in [0.25, 0.3) is 0 Å². The Morgan fingerprint density at radius 1 is 1.00 bits per heavy atom. The van der Waals surface area contributed by atoms with Crippen molar-refractivity contribution in [1.82, 2.24) is 0 Å². The molecule has 0 aliphatic heterocycles. The Labute approximate surface area is 91.5 Å². The normalized spacial score (nSPS) is 9.62. The van der Waals surface area contributed by atoms with Crippen molar-refractivity contribution in [1.29, 1.82) is 0 Å². The van der Waals surface area contributed by atoms with Crippen LogP contribution in [0.25, 0.3) is 10.8 Å².